The molecule has 1 aliphatic heterocycles. The van der Waals surface area contributed by atoms with Crippen molar-refractivity contribution in [2.75, 3.05) is 12.4 Å². The number of aliphatic carboxylic acids is 1. The SMILES string of the molecule is COc1ccc([C@H](CC(=O)O)c2nc(CCC[C@H]3CCc4cccnc4N3)cs2)cn1. The van der Waals surface area contributed by atoms with E-state index in [-0.39, 0.29) is 12.3 Å². The Morgan fingerprint density at radius 2 is 2.26 bits per heavy atom. The van der Waals surface area contributed by atoms with Gasteiger partial charge in [0, 0.05) is 35.8 Å². The molecule has 162 valence electrons. The molecular formula is C23H26N4O3S. The van der Waals surface area contributed by atoms with Crippen molar-refractivity contribution in [3.63, 3.8) is 0 Å². The van der Waals surface area contributed by atoms with Crippen LogP contribution in [0.15, 0.2) is 42.0 Å². The van der Waals surface area contributed by atoms with E-state index >= 15 is 0 Å². The molecule has 0 unspecified atom stereocenters. The van der Waals surface area contributed by atoms with Crippen molar-refractivity contribution < 1.29 is 14.6 Å². The number of thiazole rings is 1. The first-order valence-corrected chi connectivity index (χ1v) is 11.4. The number of ether oxygens (including phenoxy) is 1. The number of hydrogen-bond donors (Lipinski definition) is 2. The number of carboxylic acid groups (broad SMARTS) is 1. The molecule has 3 aromatic rings. The largest absolute Gasteiger partial charge is 0.481 e. The number of nitrogens with zero attached hydrogens (tertiary/aromatic N) is 3. The summed E-state index contributed by atoms with van der Waals surface area (Å²) in [6.07, 6.45) is 8.63. The van der Waals surface area contributed by atoms with E-state index in [1.54, 1.807) is 19.4 Å². The monoisotopic (exact) mass is 438 g/mol. The van der Waals surface area contributed by atoms with Gasteiger partial charge in [0.05, 0.1) is 19.2 Å². The number of nitrogens with one attached hydrogen (secondary N) is 1. The quantitative estimate of drug-likeness (QED) is 0.514. The molecule has 0 fully saturated rings. The maximum atomic E-state index is 11.4. The normalized spacial score (nSPS) is 16.2. The second kappa shape index (κ2) is 9.87. The Morgan fingerprint density at radius 3 is 3.03 bits per heavy atom. The fraction of sp³-hybridized carbons (Fsp3) is 0.391. The molecule has 31 heavy (non-hydrogen) atoms. The number of fused-ring (bicyclic) bond motifs is 1. The summed E-state index contributed by atoms with van der Waals surface area (Å²) in [5, 5.41) is 15.8. The molecule has 1 aliphatic rings. The summed E-state index contributed by atoms with van der Waals surface area (Å²) in [6.45, 7) is 0. The fourth-order valence-corrected chi connectivity index (χ4v) is 4.93. The van der Waals surface area contributed by atoms with Gasteiger partial charge < -0.3 is 15.2 Å². The second-order valence-electron chi connectivity index (χ2n) is 7.74. The Balaban J connectivity index is 1.36. The zero-order valence-electron chi connectivity index (χ0n) is 17.5. The number of hydrogen-bond acceptors (Lipinski definition) is 7. The lowest BCUT2D eigenvalue weighted by Gasteiger charge is -2.25. The van der Waals surface area contributed by atoms with Gasteiger partial charge in [-0.05, 0) is 49.3 Å². The third kappa shape index (κ3) is 5.38. The average Bonchev–Trinajstić information content (AvgIpc) is 3.26. The van der Waals surface area contributed by atoms with Crippen LogP contribution in [-0.2, 0) is 17.6 Å². The maximum absolute atomic E-state index is 11.4. The molecule has 2 atom stereocenters. The van der Waals surface area contributed by atoms with Crippen molar-refractivity contribution in [3.8, 4) is 5.88 Å². The predicted octanol–water partition coefficient (Wildman–Crippen LogP) is 4.30. The van der Waals surface area contributed by atoms with E-state index in [0.29, 0.717) is 11.9 Å². The number of rotatable bonds is 9. The van der Waals surface area contributed by atoms with Gasteiger partial charge >= 0.3 is 5.97 Å². The van der Waals surface area contributed by atoms with Crippen molar-refractivity contribution >= 4 is 23.1 Å². The molecule has 4 heterocycles. The van der Waals surface area contributed by atoms with Crippen LogP contribution >= 0.6 is 11.3 Å². The number of carbonyl (C=O) groups is 1. The van der Waals surface area contributed by atoms with Gasteiger partial charge in [-0.15, -0.1) is 11.3 Å². The zero-order valence-corrected chi connectivity index (χ0v) is 18.3. The van der Waals surface area contributed by atoms with Crippen LogP contribution < -0.4 is 10.1 Å². The average molecular weight is 439 g/mol. The van der Waals surface area contributed by atoms with Crippen LogP contribution in [0, 0.1) is 0 Å². The molecule has 0 aromatic carbocycles. The highest BCUT2D eigenvalue weighted by Gasteiger charge is 2.22. The minimum Gasteiger partial charge on any atom is -0.481 e. The zero-order chi connectivity index (χ0) is 21.6. The molecular weight excluding hydrogens is 412 g/mol. The molecule has 0 spiro atoms. The number of methoxy groups -OCH3 is 1. The van der Waals surface area contributed by atoms with Crippen molar-refractivity contribution in [1.82, 2.24) is 15.0 Å². The van der Waals surface area contributed by atoms with E-state index < -0.39 is 5.97 Å². The third-order valence-electron chi connectivity index (χ3n) is 5.60. The van der Waals surface area contributed by atoms with Crippen LogP contribution in [0.3, 0.4) is 0 Å². The first-order chi connectivity index (χ1) is 15.1. The molecule has 3 aromatic heterocycles. The Bertz CT molecular complexity index is 1020. The second-order valence-corrected chi connectivity index (χ2v) is 8.63. The molecule has 0 radical (unpaired) electrons. The highest BCUT2D eigenvalue weighted by molar-refractivity contribution is 7.09. The highest BCUT2D eigenvalue weighted by atomic mass is 32.1. The first kappa shape index (κ1) is 21.2. The van der Waals surface area contributed by atoms with Crippen molar-refractivity contribution in [3.05, 3.63) is 63.9 Å². The van der Waals surface area contributed by atoms with Gasteiger partial charge in [0.25, 0.3) is 0 Å². The van der Waals surface area contributed by atoms with Crippen molar-refractivity contribution in [1.29, 1.82) is 0 Å². The van der Waals surface area contributed by atoms with Gasteiger partial charge in [0.2, 0.25) is 5.88 Å². The number of pyridine rings is 2. The van der Waals surface area contributed by atoms with E-state index in [1.807, 2.05) is 23.7 Å². The van der Waals surface area contributed by atoms with Gasteiger partial charge in [-0.2, -0.15) is 0 Å². The van der Waals surface area contributed by atoms with Crippen LogP contribution in [0.2, 0.25) is 0 Å². The smallest absolute Gasteiger partial charge is 0.304 e. The van der Waals surface area contributed by atoms with Gasteiger partial charge in [-0.3, -0.25) is 4.79 Å². The van der Waals surface area contributed by atoms with E-state index in [2.05, 4.69) is 21.4 Å². The topological polar surface area (TPSA) is 97.2 Å². The molecule has 0 bridgehead atoms. The predicted molar refractivity (Wildman–Crippen MR) is 120 cm³/mol. The molecule has 7 nitrogen and oxygen atoms in total. The Hall–Kier alpha value is -3.00. The summed E-state index contributed by atoms with van der Waals surface area (Å²) in [5.41, 5.74) is 3.15. The molecule has 0 saturated heterocycles. The Morgan fingerprint density at radius 1 is 1.35 bits per heavy atom. The van der Waals surface area contributed by atoms with Gasteiger partial charge in [0.15, 0.2) is 0 Å². The summed E-state index contributed by atoms with van der Waals surface area (Å²) in [5.74, 6) is 0.359. The van der Waals surface area contributed by atoms with Gasteiger partial charge in [-0.1, -0.05) is 12.1 Å². The summed E-state index contributed by atoms with van der Waals surface area (Å²) >= 11 is 1.52. The van der Waals surface area contributed by atoms with E-state index in [4.69, 9.17) is 9.72 Å². The van der Waals surface area contributed by atoms with E-state index in [9.17, 15) is 9.90 Å². The molecule has 0 aliphatic carbocycles. The van der Waals surface area contributed by atoms with Crippen molar-refractivity contribution in [2.45, 2.75) is 50.5 Å². The van der Waals surface area contributed by atoms with Crippen molar-refractivity contribution in [2.24, 2.45) is 0 Å². The lowest BCUT2D eigenvalue weighted by atomic mass is 9.96. The number of carboxylic acids is 1. The lowest BCUT2D eigenvalue weighted by Crippen LogP contribution is -2.26. The Kier molecular flexibility index (Phi) is 6.76. The minimum absolute atomic E-state index is 0.0145. The summed E-state index contributed by atoms with van der Waals surface area (Å²) in [7, 11) is 1.56. The third-order valence-corrected chi connectivity index (χ3v) is 6.60. The standard InChI is InChI=1S/C23H26N4O3S/c1-30-20-10-8-16(13-25-20)19(12-21(28)29)23-27-18(14-31-23)6-2-5-17-9-7-15-4-3-11-24-22(15)26-17/h3-4,8,10-11,13-14,17,19H,2,5-7,9,12H2,1H3,(H,24,26)(H,28,29)/t17-,19-/m0/s1. The van der Waals surface area contributed by atoms with Crippen LogP contribution in [0.5, 0.6) is 5.88 Å². The molecule has 2 N–H and O–H groups in total. The molecule has 4 rings (SSSR count). The summed E-state index contributed by atoms with van der Waals surface area (Å²) in [6, 6.07) is 8.17. The van der Waals surface area contributed by atoms with Crippen LogP contribution in [0.4, 0.5) is 5.82 Å². The number of aryl methyl sites for hydroxylation is 2. The molecule has 0 saturated carbocycles. The van der Waals surface area contributed by atoms with Crippen LogP contribution in [0.25, 0.3) is 0 Å². The van der Waals surface area contributed by atoms with Crippen LogP contribution in [-0.4, -0.2) is 39.2 Å². The maximum Gasteiger partial charge on any atom is 0.304 e. The fourth-order valence-electron chi connectivity index (χ4n) is 3.95. The molecule has 8 heteroatoms. The van der Waals surface area contributed by atoms with Gasteiger partial charge in [-0.25, -0.2) is 15.0 Å². The van der Waals surface area contributed by atoms with Gasteiger partial charge in [0.1, 0.15) is 10.8 Å². The summed E-state index contributed by atoms with van der Waals surface area (Å²) < 4.78 is 5.10. The number of anilines is 1. The minimum atomic E-state index is -0.852. The van der Waals surface area contributed by atoms with E-state index in [0.717, 1.165) is 54.2 Å². The highest BCUT2D eigenvalue weighted by Crippen LogP contribution is 2.31. The Labute approximate surface area is 185 Å². The summed E-state index contributed by atoms with van der Waals surface area (Å²) in [4.78, 5) is 24.9. The van der Waals surface area contributed by atoms with Crippen LogP contribution in [0.1, 0.15) is 53.4 Å². The molecule has 0 amide bonds. The lowest BCUT2D eigenvalue weighted by molar-refractivity contribution is -0.137. The first-order valence-electron chi connectivity index (χ1n) is 10.5. The van der Waals surface area contributed by atoms with E-state index in [1.165, 1.54) is 16.9 Å². The number of aromatic nitrogens is 3.